The molecule has 0 aromatic heterocycles. The number of hydrogen-bond donors (Lipinski definition) is 1. The second kappa shape index (κ2) is 6.37. The van der Waals surface area contributed by atoms with Crippen LogP contribution in [-0.4, -0.2) is 19.3 Å². The van der Waals surface area contributed by atoms with Crippen LogP contribution >= 0.6 is 11.6 Å². The monoisotopic (exact) mass is 306 g/mol. The summed E-state index contributed by atoms with van der Waals surface area (Å²) in [4.78, 5) is 0. The Morgan fingerprint density at radius 2 is 1.57 bits per heavy atom. The lowest BCUT2D eigenvalue weighted by Gasteiger charge is -2.18. The van der Waals surface area contributed by atoms with E-state index >= 15 is 0 Å². The Balaban J connectivity index is 2.50. The van der Waals surface area contributed by atoms with Gasteiger partial charge in [-0.25, -0.2) is 0 Å². The highest BCUT2D eigenvalue weighted by Gasteiger charge is 2.19. The number of halogens is 1. The van der Waals surface area contributed by atoms with Crippen LogP contribution in [0.15, 0.2) is 30.3 Å². The maximum Gasteiger partial charge on any atom is 0.162 e. The predicted molar refractivity (Wildman–Crippen MR) is 84.5 cm³/mol. The van der Waals surface area contributed by atoms with Crippen molar-refractivity contribution in [2.24, 2.45) is 0 Å². The first-order chi connectivity index (χ1) is 9.97. The highest BCUT2D eigenvalue weighted by molar-refractivity contribution is 6.31. The first kappa shape index (κ1) is 15.7. The van der Waals surface area contributed by atoms with Crippen LogP contribution in [0.1, 0.15) is 28.4 Å². The minimum atomic E-state index is -0.807. The lowest BCUT2D eigenvalue weighted by Crippen LogP contribution is -2.04. The Kier molecular flexibility index (Phi) is 4.76. The fraction of sp³-hybridized carbons (Fsp3) is 0.294. The van der Waals surface area contributed by atoms with Gasteiger partial charge >= 0.3 is 0 Å². The molecule has 0 aliphatic carbocycles. The van der Waals surface area contributed by atoms with E-state index in [1.165, 1.54) is 0 Å². The number of aryl methyl sites for hydroxylation is 2. The molecular weight excluding hydrogens is 288 g/mol. The van der Waals surface area contributed by atoms with Gasteiger partial charge < -0.3 is 14.6 Å². The molecule has 2 rings (SSSR count). The molecule has 112 valence electrons. The zero-order chi connectivity index (χ0) is 15.6. The Labute approximate surface area is 130 Å². The molecule has 0 aliphatic rings. The molecule has 1 unspecified atom stereocenters. The third kappa shape index (κ3) is 3.14. The van der Waals surface area contributed by atoms with Crippen molar-refractivity contribution in [3.63, 3.8) is 0 Å². The van der Waals surface area contributed by atoms with Crippen LogP contribution in [0.5, 0.6) is 11.5 Å². The van der Waals surface area contributed by atoms with Crippen LogP contribution < -0.4 is 9.47 Å². The molecule has 21 heavy (non-hydrogen) atoms. The van der Waals surface area contributed by atoms with Crippen molar-refractivity contribution in [1.29, 1.82) is 0 Å². The third-order valence-electron chi connectivity index (χ3n) is 3.52. The van der Waals surface area contributed by atoms with Crippen molar-refractivity contribution in [3.8, 4) is 11.5 Å². The normalized spacial score (nSPS) is 12.1. The summed E-state index contributed by atoms with van der Waals surface area (Å²) in [5.74, 6) is 1.08. The number of aliphatic hydroxyl groups is 1. The van der Waals surface area contributed by atoms with Crippen LogP contribution in [0.4, 0.5) is 0 Å². The first-order valence-electron chi connectivity index (χ1n) is 6.64. The fourth-order valence-electron chi connectivity index (χ4n) is 2.38. The molecule has 1 N–H and O–H groups in total. The average molecular weight is 307 g/mol. The largest absolute Gasteiger partial charge is 0.493 e. The lowest BCUT2D eigenvalue weighted by molar-refractivity contribution is 0.219. The molecule has 0 bridgehead atoms. The summed E-state index contributed by atoms with van der Waals surface area (Å²) >= 11 is 6.27. The van der Waals surface area contributed by atoms with Gasteiger partial charge in [-0.3, -0.25) is 0 Å². The molecule has 0 fully saturated rings. The Morgan fingerprint density at radius 3 is 2.14 bits per heavy atom. The van der Waals surface area contributed by atoms with E-state index in [0.717, 1.165) is 16.7 Å². The van der Waals surface area contributed by atoms with Gasteiger partial charge in [-0.2, -0.15) is 0 Å². The van der Waals surface area contributed by atoms with Gasteiger partial charge in [-0.05, 0) is 31.0 Å². The molecule has 1 atom stereocenters. The summed E-state index contributed by atoms with van der Waals surface area (Å²) in [6.45, 7) is 3.99. The molecule has 0 spiro atoms. The minimum Gasteiger partial charge on any atom is -0.493 e. The Bertz CT molecular complexity index is 653. The van der Waals surface area contributed by atoms with Crippen molar-refractivity contribution in [2.45, 2.75) is 20.0 Å². The third-order valence-corrected chi connectivity index (χ3v) is 3.84. The van der Waals surface area contributed by atoms with Crippen LogP contribution in [0.25, 0.3) is 0 Å². The Hall–Kier alpha value is -1.71. The van der Waals surface area contributed by atoms with Crippen molar-refractivity contribution in [3.05, 3.63) is 57.6 Å². The smallest absolute Gasteiger partial charge is 0.162 e. The molecule has 0 radical (unpaired) electrons. The summed E-state index contributed by atoms with van der Waals surface area (Å²) in [5, 5.41) is 11.1. The van der Waals surface area contributed by atoms with E-state index in [2.05, 4.69) is 0 Å². The van der Waals surface area contributed by atoms with E-state index < -0.39 is 6.10 Å². The molecule has 2 aromatic carbocycles. The van der Waals surface area contributed by atoms with E-state index in [-0.39, 0.29) is 0 Å². The quantitative estimate of drug-likeness (QED) is 0.926. The van der Waals surface area contributed by atoms with Crippen LogP contribution in [-0.2, 0) is 0 Å². The van der Waals surface area contributed by atoms with Gasteiger partial charge in [-0.15, -0.1) is 0 Å². The van der Waals surface area contributed by atoms with E-state index in [1.54, 1.807) is 26.4 Å². The van der Waals surface area contributed by atoms with Crippen molar-refractivity contribution in [1.82, 2.24) is 0 Å². The molecule has 4 heteroatoms. The van der Waals surface area contributed by atoms with Gasteiger partial charge in [0.25, 0.3) is 0 Å². The number of methoxy groups -OCH3 is 2. The van der Waals surface area contributed by atoms with E-state index in [0.29, 0.717) is 22.1 Å². The number of hydrogen-bond acceptors (Lipinski definition) is 3. The maximum absolute atomic E-state index is 10.6. The average Bonchev–Trinajstić information content (AvgIpc) is 2.46. The lowest BCUT2D eigenvalue weighted by atomic mass is 9.96. The minimum absolute atomic E-state index is 0.445. The Morgan fingerprint density at radius 1 is 0.952 bits per heavy atom. The number of rotatable bonds is 4. The van der Waals surface area contributed by atoms with E-state index in [1.807, 2.05) is 32.0 Å². The van der Waals surface area contributed by atoms with Crippen molar-refractivity contribution >= 4 is 11.6 Å². The summed E-state index contributed by atoms with van der Waals surface area (Å²) < 4.78 is 10.5. The highest BCUT2D eigenvalue weighted by Crippen LogP contribution is 2.38. The van der Waals surface area contributed by atoms with Crippen LogP contribution in [0.3, 0.4) is 0 Å². The molecule has 0 heterocycles. The van der Waals surface area contributed by atoms with Crippen LogP contribution in [0.2, 0.25) is 5.02 Å². The van der Waals surface area contributed by atoms with E-state index in [9.17, 15) is 5.11 Å². The van der Waals surface area contributed by atoms with Crippen LogP contribution in [0, 0.1) is 13.8 Å². The van der Waals surface area contributed by atoms with Gasteiger partial charge in [0, 0.05) is 11.6 Å². The van der Waals surface area contributed by atoms with Crippen molar-refractivity contribution in [2.75, 3.05) is 14.2 Å². The summed E-state index contributed by atoms with van der Waals surface area (Å²) in [7, 11) is 3.10. The molecule has 3 nitrogen and oxygen atoms in total. The molecule has 0 amide bonds. The second-order valence-corrected chi connectivity index (χ2v) is 5.40. The molecule has 0 aliphatic heterocycles. The summed E-state index contributed by atoms with van der Waals surface area (Å²) in [5.41, 5.74) is 3.60. The molecule has 0 saturated carbocycles. The van der Waals surface area contributed by atoms with Gasteiger partial charge in [-0.1, -0.05) is 35.4 Å². The summed E-state index contributed by atoms with van der Waals surface area (Å²) in [6, 6.07) is 9.30. The molecular formula is C17H19ClO3. The SMILES string of the molecule is COc1cc(Cl)c(C(O)c2ccc(C)cc2C)cc1OC. The number of ether oxygens (including phenoxy) is 2. The maximum atomic E-state index is 10.6. The van der Waals surface area contributed by atoms with Gasteiger partial charge in [0.1, 0.15) is 6.10 Å². The van der Waals surface area contributed by atoms with Gasteiger partial charge in [0.2, 0.25) is 0 Å². The first-order valence-corrected chi connectivity index (χ1v) is 7.02. The highest BCUT2D eigenvalue weighted by atomic mass is 35.5. The fourth-order valence-corrected chi connectivity index (χ4v) is 2.64. The number of aliphatic hydroxyl groups excluding tert-OH is 1. The second-order valence-electron chi connectivity index (χ2n) is 4.99. The zero-order valence-corrected chi connectivity index (χ0v) is 13.4. The molecule has 0 saturated heterocycles. The zero-order valence-electron chi connectivity index (χ0n) is 12.6. The predicted octanol–water partition coefficient (Wildman–Crippen LogP) is 4.06. The standard InChI is InChI=1S/C17H19ClO3/c1-10-5-6-12(11(2)7-10)17(19)13-8-15(20-3)16(21-4)9-14(13)18/h5-9,17,19H,1-4H3. The topological polar surface area (TPSA) is 38.7 Å². The summed E-state index contributed by atoms with van der Waals surface area (Å²) in [6.07, 6.45) is -0.807. The molecule has 2 aromatic rings. The van der Waals surface area contributed by atoms with Crippen molar-refractivity contribution < 1.29 is 14.6 Å². The van der Waals surface area contributed by atoms with Gasteiger partial charge in [0.15, 0.2) is 11.5 Å². The van der Waals surface area contributed by atoms with Gasteiger partial charge in [0.05, 0.1) is 19.2 Å². The number of benzene rings is 2. The van der Waals surface area contributed by atoms with E-state index in [4.69, 9.17) is 21.1 Å².